The van der Waals surface area contributed by atoms with Gasteiger partial charge in [-0.2, -0.15) is 0 Å². The van der Waals surface area contributed by atoms with Crippen molar-refractivity contribution in [1.82, 2.24) is 4.57 Å². The van der Waals surface area contributed by atoms with Gasteiger partial charge >= 0.3 is 5.97 Å². The average molecular weight is 420 g/mol. The number of benzene rings is 3. The molecule has 0 bridgehead atoms. The summed E-state index contributed by atoms with van der Waals surface area (Å²) in [4.78, 5) is 12.6. The van der Waals surface area contributed by atoms with Gasteiger partial charge in [0.15, 0.2) is 0 Å². The van der Waals surface area contributed by atoms with E-state index in [1.54, 1.807) is 7.11 Å². The summed E-state index contributed by atoms with van der Waals surface area (Å²) in [5.41, 5.74) is 3.78. The van der Waals surface area contributed by atoms with Crippen LogP contribution < -0.4 is 4.74 Å². The number of methoxy groups -OCH3 is 1. The van der Waals surface area contributed by atoms with E-state index in [0.717, 1.165) is 33.3 Å². The molecule has 0 spiro atoms. The van der Waals surface area contributed by atoms with Gasteiger partial charge in [0.25, 0.3) is 0 Å². The zero-order chi connectivity index (χ0) is 20.9. The molecule has 0 aliphatic carbocycles. The standard InChI is InChI=1S/C25H22ClNO3/c1-29-20-12-13-23-21(14-20)22(15-24(28)30-17-19-10-6-3-7-11-19)25(26)27(23)16-18-8-4-2-5-9-18/h2-14H,15-17H2,1H3. The number of nitrogens with zero attached hydrogens (tertiary/aromatic N) is 1. The van der Waals surface area contributed by atoms with Crippen LogP contribution in [0.5, 0.6) is 5.75 Å². The quantitative estimate of drug-likeness (QED) is 0.364. The second-order valence-corrected chi connectivity index (χ2v) is 7.41. The first-order valence-corrected chi connectivity index (χ1v) is 10.1. The number of aromatic nitrogens is 1. The normalized spacial score (nSPS) is 10.9. The maximum atomic E-state index is 12.6. The Morgan fingerprint density at radius 1 is 0.933 bits per heavy atom. The summed E-state index contributed by atoms with van der Waals surface area (Å²) < 4.78 is 12.9. The zero-order valence-electron chi connectivity index (χ0n) is 16.7. The van der Waals surface area contributed by atoms with Crippen LogP contribution in [0.2, 0.25) is 5.15 Å². The second-order valence-electron chi connectivity index (χ2n) is 7.05. The van der Waals surface area contributed by atoms with Gasteiger partial charge in [-0.3, -0.25) is 4.79 Å². The highest BCUT2D eigenvalue weighted by Crippen LogP contribution is 2.34. The van der Waals surface area contributed by atoms with E-state index < -0.39 is 0 Å². The number of fused-ring (bicyclic) bond motifs is 1. The van der Waals surface area contributed by atoms with Crippen LogP contribution in [-0.4, -0.2) is 17.6 Å². The van der Waals surface area contributed by atoms with Gasteiger partial charge in [0, 0.05) is 17.5 Å². The predicted molar refractivity (Wildman–Crippen MR) is 119 cm³/mol. The van der Waals surface area contributed by atoms with Crippen molar-refractivity contribution in [2.24, 2.45) is 0 Å². The molecule has 4 nitrogen and oxygen atoms in total. The molecule has 4 rings (SSSR count). The number of hydrogen-bond donors (Lipinski definition) is 0. The Morgan fingerprint density at radius 3 is 2.27 bits per heavy atom. The van der Waals surface area contributed by atoms with E-state index in [1.165, 1.54) is 0 Å². The lowest BCUT2D eigenvalue weighted by atomic mass is 10.1. The zero-order valence-corrected chi connectivity index (χ0v) is 17.4. The third kappa shape index (κ3) is 4.34. The number of carbonyl (C=O) groups is 1. The van der Waals surface area contributed by atoms with Gasteiger partial charge in [-0.25, -0.2) is 0 Å². The van der Waals surface area contributed by atoms with Crippen molar-refractivity contribution >= 4 is 28.5 Å². The summed E-state index contributed by atoms with van der Waals surface area (Å²) in [6, 6.07) is 25.5. The number of ether oxygens (including phenoxy) is 2. The highest BCUT2D eigenvalue weighted by atomic mass is 35.5. The van der Waals surface area contributed by atoms with Crippen LogP contribution in [-0.2, 0) is 29.1 Å². The smallest absolute Gasteiger partial charge is 0.310 e. The Kier molecular flexibility index (Phi) is 6.05. The van der Waals surface area contributed by atoms with Crippen molar-refractivity contribution in [2.75, 3.05) is 7.11 Å². The largest absolute Gasteiger partial charge is 0.497 e. The van der Waals surface area contributed by atoms with E-state index in [4.69, 9.17) is 21.1 Å². The van der Waals surface area contributed by atoms with Gasteiger partial charge in [-0.15, -0.1) is 0 Å². The van der Waals surface area contributed by atoms with E-state index in [0.29, 0.717) is 11.7 Å². The first-order chi connectivity index (χ1) is 14.7. The van der Waals surface area contributed by atoms with Gasteiger partial charge in [0.2, 0.25) is 0 Å². The third-order valence-electron chi connectivity index (χ3n) is 5.05. The summed E-state index contributed by atoms with van der Waals surface area (Å²) in [5, 5.41) is 1.44. The molecular formula is C25H22ClNO3. The molecule has 0 fully saturated rings. The molecule has 0 aliphatic heterocycles. The molecule has 5 heteroatoms. The number of hydrogen-bond acceptors (Lipinski definition) is 3. The van der Waals surface area contributed by atoms with Crippen molar-refractivity contribution in [3.8, 4) is 5.75 Å². The summed E-state index contributed by atoms with van der Waals surface area (Å²) in [5.74, 6) is 0.400. The van der Waals surface area contributed by atoms with E-state index in [9.17, 15) is 4.79 Å². The molecule has 1 aromatic heterocycles. The fourth-order valence-corrected chi connectivity index (χ4v) is 3.84. The molecule has 1 heterocycles. The topological polar surface area (TPSA) is 40.5 Å². The lowest BCUT2D eigenvalue weighted by molar-refractivity contribution is -0.144. The number of rotatable bonds is 7. The van der Waals surface area contributed by atoms with E-state index in [-0.39, 0.29) is 19.0 Å². The van der Waals surface area contributed by atoms with Gasteiger partial charge in [0.1, 0.15) is 17.5 Å². The maximum Gasteiger partial charge on any atom is 0.310 e. The molecular weight excluding hydrogens is 398 g/mol. The van der Waals surface area contributed by atoms with Gasteiger partial charge in [0.05, 0.1) is 19.0 Å². The van der Waals surface area contributed by atoms with E-state index in [2.05, 4.69) is 12.1 Å². The minimum atomic E-state index is -0.317. The van der Waals surface area contributed by atoms with Crippen LogP contribution in [0.3, 0.4) is 0 Å². The van der Waals surface area contributed by atoms with Gasteiger partial charge in [-0.1, -0.05) is 72.3 Å². The lowest BCUT2D eigenvalue weighted by Gasteiger charge is -2.08. The van der Waals surface area contributed by atoms with E-state index in [1.807, 2.05) is 71.3 Å². The van der Waals surface area contributed by atoms with Crippen LogP contribution in [0.1, 0.15) is 16.7 Å². The van der Waals surface area contributed by atoms with Crippen molar-refractivity contribution in [3.63, 3.8) is 0 Å². The number of carbonyl (C=O) groups excluding carboxylic acids is 1. The molecule has 0 saturated heterocycles. The van der Waals surface area contributed by atoms with Crippen molar-refractivity contribution in [3.05, 3.63) is 101 Å². The lowest BCUT2D eigenvalue weighted by Crippen LogP contribution is -2.08. The third-order valence-corrected chi connectivity index (χ3v) is 5.49. The summed E-state index contributed by atoms with van der Waals surface area (Å²) in [6.07, 6.45) is 0.0944. The van der Waals surface area contributed by atoms with E-state index >= 15 is 0 Å². The highest BCUT2D eigenvalue weighted by Gasteiger charge is 2.20. The molecule has 0 unspecified atom stereocenters. The molecule has 3 aromatic carbocycles. The van der Waals surface area contributed by atoms with Crippen LogP contribution in [0, 0.1) is 0 Å². The molecule has 0 amide bonds. The molecule has 0 radical (unpaired) electrons. The van der Waals surface area contributed by atoms with Crippen LogP contribution >= 0.6 is 11.6 Å². The molecule has 4 aromatic rings. The van der Waals surface area contributed by atoms with Crippen molar-refractivity contribution in [2.45, 2.75) is 19.6 Å². The minimum absolute atomic E-state index is 0.0944. The molecule has 30 heavy (non-hydrogen) atoms. The van der Waals surface area contributed by atoms with Crippen LogP contribution in [0.15, 0.2) is 78.9 Å². The van der Waals surface area contributed by atoms with Crippen LogP contribution in [0.4, 0.5) is 0 Å². The Bertz CT molecular complexity index is 1150. The second kappa shape index (κ2) is 9.06. The van der Waals surface area contributed by atoms with Gasteiger partial charge < -0.3 is 14.0 Å². The monoisotopic (exact) mass is 419 g/mol. The summed E-state index contributed by atoms with van der Waals surface area (Å²) in [7, 11) is 1.62. The highest BCUT2D eigenvalue weighted by molar-refractivity contribution is 6.32. The first kappa shape index (κ1) is 20.0. The molecule has 0 atom stereocenters. The predicted octanol–water partition coefficient (Wildman–Crippen LogP) is 5.64. The Labute approximate surface area is 180 Å². The fourth-order valence-electron chi connectivity index (χ4n) is 3.52. The van der Waals surface area contributed by atoms with Crippen LogP contribution in [0.25, 0.3) is 10.9 Å². The molecule has 152 valence electrons. The Balaban J connectivity index is 1.64. The summed E-state index contributed by atoms with van der Waals surface area (Å²) >= 11 is 6.77. The number of esters is 1. The Morgan fingerprint density at radius 2 is 1.60 bits per heavy atom. The molecule has 0 N–H and O–H groups in total. The first-order valence-electron chi connectivity index (χ1n) is 9.74. The summed E-state index contributed by atoms with van der Waals surface area (Å²) in [6.45, 7) is 0.852. The number of halogens is 1. The fraction of sp³-hybridized carbons (Fsp3) is 0.160. The van der Waals surface area contributed by atoms with Crippen molar-refractivity contribution < 1.29 is 14.3 Å². The molecule has 0 saturated carbocycles. The Hall–Kier alpha value is -3.24. The SMILES string of the molecule is COc1ccc2c(c1)c(CC(=O)OCc1ccccc1)c(Cl)n2Cc1ccccc1. The average Bonchev–Trinajstić information content (AvgIpc) is 3.04. The maximum absolute atomic E-state index is 12.6. The molecule has 0 aliphatic rings. The minimum Gasteiger partial charge on any atom is -0.497 e. The van der Waals surface area contributed by atoms with Crippen molar-refractivity contribution in [1.29, 1.82) is 0 Å². The van der Waals surface area contributed by atoms with Gasteiger partial charge in [-0.05, 0) is 29.3 Å².